The van der Waals surface area contributed by atoms with Crippen LogP contribution in [0.25, 0.3) is 0 Å². The molecule has 0 bridgehead atoms. The lowest BCUT2D eigenvalue weighted by Gasteiger charge is -2.23. The van der Waals surface area contributed by atoms with E-state index in [0.29, 0.717) is 16.8 Å². The van der Waals surface area contributed by atoms with E-state index in [1.807, 2.05) is 0 Å². The van der Waals surface area contributed by atoms with E-state index in [9.17, 15) is 8.42 Å². The molecule has 0 aromatic carbocycles. The third-order valence-corrected chi connectivity index (χ3v) is 7.09. The van der Waals surface area contributed by atoms with Crippen molar-refractivity contribution in [1.82, 2.24) is 9.62 Å². The molecule has 1 saturated carbocycles. The smallest absolute Gasteiger partial charge is 0.250 e. The number of nitrogens with one attached hydrogen (secondary N) is 1. The Morgan fingerprint density at radius 3 is 2.68 bits per heavy atom. The zero-order valence-electron chi connectivity index (χ0n) is 10.9. The van der Waals surface area contributed by atoms with Gasteiger partial charge in [0.2, 0.25) is 10.0 Å². The molecule has 0 unspecified atom stereocenters. The van der Waals surface area contributed by atoms with Crippen molar-refractivity contribution in [2.45, 2.75) is 35.9 Å². The average Bonchev–Trinajstić information content (AvgIpc) is 2.99. The van der Waals surface area contributed by atoms with Crippen molar-refractivity contribution in [2.75, 3.05) is 20.1 Å². The van der Waals surface area contributed by atoms with Crippen LogP contribution < -0.4 is 4.72 Å². The molecule has 4 nitrogen and oxygen atoms in total. The van der Waals surface area contributed by atoms with Crippen molar-refractivity contribution in [3.05, 3.63) is 15.9 Å². The lowest BCUT2D eigenvalue weighted by Crippen LogP contribution is -2.37. The quantitative estimate of drug-likeness (QED) is 0.841. The molecule has 1 aliphatic rings. The van der Waals surface area contributed by atoms with Crippen LogP contribution in [-0.4, -0.2) is 39.5 Å². The molecule has 1 N–H and O–H groups in total. The fraction of sp³-hybridized carbons (Fsp3) is 0.667. The van der Waals surface area contributed by atoms with E-state index < -0.39 is 10.0 Å². The summed E-state index contributed by atoms with van der Waals surface area (Å²) in [6.45, 7) is 1.22. The van der Waals surface area contributed by atoms with E-state index in [0.717, 1.165) is 10.3 Å². The van der Waals surface area contributed by atoms with Crippen LogP contribution in [0.3, 0.4) is 0 Å². The minimum absolute atomic E-state index is 0.364. The van der Waals surface area contributed by atoms with Crippen LogP contribution in [0.2, 0.25) is 0 Å². The largest absolute Gasteiger partial charge is 0.302 e. The highest BCUT2D eigenvalue weighted by Gasteiger charge is 2.20. The summed E-state index contributed by atoms with van der Waals surface area (Å²) in [5.74, 6) is 0. The summed E-state index contributed by atoms with van der Waals surface area (Å²) in [6, 6.07) is 4.00. The standard InChI is InChI=1S/C12H19BrN2O2S2/c1-15(10-4-2-3-5-10)9-8-14-19(16,17)12-7-6-11(13)18-12/h6-7,10,14H,2-5,8-9H2,1H3. The third-order valence-electron chi connectivity index (χ3n) is 3.52. The maximum atomic E-state index is 12.0. The minimum Gasteiger partial charge on any atom is -0.302 e. The number of hydrogen-bond donors (Lipinski definition) is 1. The lowest BCUT2D eigenvalue weighted by atomic mass is 10.2. The Labute approximate surface area is 127 Å². The van der Waals surface area contributed by atoms with Crippen LogP contribution in [0.1, 0.15) is 25.7 Å². The van der Waals surface area contributed by atoms with Gasteiger partial charge in [0, 0.05) is 19.1 Å². The summed E-state index contributed by atoms with van der Waals surface area (Å²) in [4.78, 5) is 2.26. The van der Waals surface area contributed by atoms with Gasteiger partial charge in [0.25, 0.3) is 0 Å². The monoisotopic (exact) mass is 366 g/mol. The SMILES string of the molecule is CN(CCNS(=O)(=O)c1ccc(Br)s1)C1CCCC1. The predicted molar refractivity (Wildman–Crippen MR) is 82.1 cm³/mol. The first kappa shape index (κ1) is 15.4. The number of rotatable bonds is 6. The molecular weight excluding hydrogens is 348 g/mol. The normalized spacial score (nSPS) is 17.4. The highest BCUT2D eigenvalue weighted by molar-refractivity contribution is 9.11. The maximum absolute atomic E-state index is 12.0. The minimum atomic E-state index is -3.35. The van der Waals surface area contributed by atoms with Gasteiger partial charge in [-0.1, -0.05) is 12.8 Å². The van der Waals surface area contributed by atoms with Crippen LogP contribution in [0, 0.1) is 0 Å². The Balaban J connectivity index is 1.81. The number of thiophene rings is 1. The second-order valence-electron chi connectivity index (χ2n) is 4.88. The fourth-order valence-electron chi connectivity index (χ4n) is 2.40. The number of nitrogens with zero attached hydrogens (tertiary/aromatic N) is 1. The van der Waals surface area contributed by atoms with Crippen LogP contribution in [0.5, 0.6) is 0 Å². The van der Waals surface area contributed by atoms with E-state index in [1.54, 1.807) is 12.1 Å². The van der Waals surface area contributed by atoms with Gasteiger partial charge in [0.15, 0.2) is 0 Å². The molecule has 19 heavy (non-hydrogen) atoms. The molecule has 0 spiro atoms. The molecule has 0 saturated heterocycles. The van der Waals surface area contributed by atoms with Crippen molar-refractivity contribution >= 4 is 37.3 Å². The van der Waals surface area contributed by atoms with E-state index in [-0.39, 0.29) is 0 Å². The molecule has 0 radical (unpaired) electrons. The predicted octanol–water partition coefficient (Wildman–Crippen LogP) is 2.66. The van der Waals surface area contributed by atoms with Gasteiger partial charge in [-0.3, -0.25) is 0 Å². The summed E-state index contributed by atoms with van der Waals surface area (Å²) in [6.07, 6.45) is 5.07. The number of likely N-dealkylation sites (N-methyl/N-ethyl adjacent to an activating group) is 1. The summed E-state index contributed by atoms with van der Waals surface area (Å²) in [5.41, 5.74) is 0. The highest BCUT2D eigenvalue weighted by Crippen LogP contribution is 2.25. The van der Waals surface area contributed by atoms with Gasteiger partial charge in [-0.15, -0.1) is 11.3 Å². The van der Waals surface area contributed by atoms with Crippen molar-refractivity contribution in [2.24, 2.45) is 0 Å². The second-order valence-corrected chi connectivity index (χ2v) is 9.33. The first-order valence-corrected chi connectivity index (χ1v) is 9.53. The van der Waals surface area contributed by atoms with Crippen molar-refractivity contribution in [1.29, 1.82) is 0 Å². The molecule has 0 atom stereocenters. The van der Waals surface area contributed by atoms with Crippen LogP contribution in [0.4, 0.5) is 0 Å². The first-order valence-electron chi connectivity index (χ1n) is 6.44. The van der Waals surface area contributed by atoms with Crippen molar-refractivity contribution < 1.29 is 8.42 Å². The second kappa shape index (κ2) is 6.67. The zero-order valence-corrected chi connectivity index (χ0v) is 14.2. The van der Waals surface area contributed by atoms with Crippen molar-refractivity contribution in [3.8, 4) is 0 Å². The van der Waals surface area contributed by atoms with Gasteiger partial charge < -0.3 is 4.90 Å². The zero-order chi connectivity index (χ0) is 13.9. The lowest BCUT2D eigenvalue weighted by molar-refractivity contribution is 0.250. The molecular formula is C12H19BrN2O2S2. The van der Waals surface area contributed by atoms with Gasteiger partial charge in [0.1, 0.15) is 4.21 Å². The van der Waals surface area contributed by atoms with Crippen LogP contribution in [0.15, 0.2) is 20.1 Å². The molecule has 1 aliphatic carbocycles. The fourth-order valence-corrected chi connectivity index (χ4v) is 5.47. The molecule has 1 heterocycles. The highest BCUT2D eigenvalue weighted by atomic mass is 79.9. The molecule has 1 aromatic heterocycles. The van der Waals surface area contributed by atoms with E-state index in [1.165, 1.54) is 37.0 Å². The summed E-state index contributed by atoms with van der Waals surface area (Å²) in [5, 5.41) is 0. The summed E-state index contributed by atoms with van der Waals surface area (Å²) < 4.78 is 27.9. The van der Waals surface area contributed by atoms with Gasteiger partial charge in [-0.2, -0.15) is 0 Å². The van der Waals surface area contributed by atoms with Gasteiger partial charge in [-0.25, -0.2) is 13.1 Å². The molecule has 0 aliphatic heterocycles. The van der Waals surface area contributed by atoms with Crippen molar-refractivity contribution in [3.63, 3.8) is 0 Å². The molecule has 108 valence electrons. The Morgan fingerprint density at radius 1 is 1.42 bits per heavy atom. The van der Waals surface area contributed by atoms with Crippen LogP contribution in [-0.2, 0) is 10.0 Å². The summed E-state index contributed by atoms with van der Waals surface area (Å²) in [7, 11) is -1.27. The summed E-state index contributed by atoms with van der Waals surface area (Å²) >= 11 is 4.51. The molecule has 2 rings (SSSR count). The number of sulfonamides is 1. The molecule has 1 aromatic rings. The average molecular weight is 367 g/mol. The molecule has 0 amide bonds. The van der Waals surface area contributed by atoms with Crippen LogP contribution >= 0.6 is 27.3 Å². The first-order chi connectivity index (χ1) is 8.99. The third kappa shape index (κ3) is 4.26. The van der Waals surface area contributed by atoms with E-state index >= 15 is 0 Å². The maximum Gasteiger partial charge on any atom is 0.250 e. The number of halogens is 1. The number of hydrogen-bond acceptors (Lipinski definition) is 4. The molecule has 1 fully saturated rings. The van der Waals surface area contributed by atoms with E-state index in [4.69, 9.17) is 0 Å². The Morgan fingerprint density at radius 2 is 2.11 bits per heavy atom. The van der Waals surface area contributed by atoms with E-state index in [2.05, 4.69) is 32.6 Å². The Bertz CT molecular complexity index is 510. The Kier molecular flexibility index (Phi) is 5.42. The molecule has 7 heteroatoms. The van der Waals surface area contributed by atoms with Gasteiger partial charge >= 0.3 is 0 Å². The van der Waals surface area contributed by atoms with Gasteiger partial charge in [0.05, 0.1) is 3.79 Å². The van der Waals surface area contributed by atoms with Gasteiger partial charge in [-0.05, 0) is 48.0 Å². The topological polar surface area (TPSA) is 49.4 Å². The Hall–Kier alpha value is 0.0500.